The first-order valence-corrected chi connectivity index (χ1v) is 5.87. The van der Waals surface area contributed by atoms with Crippen LogP contribution in [-0.4, -0.2) is 81.5 Å². The van der Waals surface area contributed by atoms with Crippen molar-refractivity contribution in [2.45, 2.75) is 19.2 Å². The largest absolute Gasteiger partial charge is 0.390 e. The maximum absolute atomic E-state index is 9.59. The van der Waals surface area contributed by atoms with E-state index in [9.17, 15) is 5.11 Å². The molecule has 0 aromatic rings. The molecule has 0 rings (SSSR count). The molecule has 0 heterocycles. The highest BCUT2D eigenvalue weighted by atomic mass is 16.3. The fourth-order valence-corrected chi connectivity index (χ4v) is 1.30. The summed E-state index contributed by atoms with van der Waals surface area (Å²) >= 11 is 0. The Kier molecular flexibility index (Phi) is 8.78. The van der Waals surface area contributed by atoms with Crippen LogP contribution < -0.4 is 10.6 Å². The minimum absolute atomic E-state index is 0.0279. The van der Waals surface area contributed by atoms with Gasteiger partial charge in [-0.2, -0.15) is 0 Å². The van der Waals surface area contributed by atoms with Crippen molar-refractivity contribution in [3.05, 3.63) is 0 Å². The normalized spacial score (nSPS) is 14.1. The zero-order valence-electron chi connectivity index (χ0n) is 11.3. The van der Waals surface area contributed by atoms with Gasteiger partial charge in [0.25, 0.3) is 0 Å². The minimum atomic E-state index is -0.385. The van der Waals surface area contributed by atoms with Crippen LogP contribution in [0, 0.1) is 0 Å². The summed E-state index contributed by atoms with van der Waals surface area (Å²) in [5.74, 6) is 0. The van der Waals surface area contributed by atoms with Gasteiger partial charge in [0.15, 0.2) is 0 Å². The molecule has 0 fully saturated rings. The van der Waals surface area contributed by atoms with E-state index in [1.807, 2.05) is 28.2 Å². The minimum Gasteiger partial charge on any atom is -0.390 e. The van der Waals surface area contributed by atoms with E-state index in [1.165, 1.54) is 0 Å². The molecular formula is C11H28N4O. The lowest BCUT2D eigenvalue weighted by Gasteiger charge is -2.24. The molecule has 1 atom stereocenters. The van der Waals surface area contributed by atoms with Gasteiger partial charge >= 0.3 is 0 Å². The number of likely N-dealkylation sites (N-methyl/N-ethyl adjacent to an activating group) is 2. The molecule has 5 nitrogen and oxygen atoms in total. The van der Waals surface area contributed by atoms with Crippen LogP contribution >= 0.6 is 0 Å². The number of rotatable bonds is 9. The van der Waals surface area contributed by atoms with Gasteiger partial charge in [0.1, 0.15) is 0 Å². The summed E-state index contributed by atoms with van der Waals surface area (Å²) in [4.78, 5) is 4.23. The van der Waals surface area contributed by atoms with Crippen LogP contribution in [-0.2, 0) is 0 Å². The molecule has 1 unspecified atom stereocenters. The number of aliphatic hydroxyl groups is 1. The van der Waals surface area contributed by atoms with Crippen LogP contribution in [0.2, 0.25) is 0 Å². The highest BCUT2D eigenvalue weighted by Crippen LogP contribution is 1.88. The Bertz CT molecular complexity index is 148. The molecule has 0 amide bonds. The van der Waals surface area contributed by atoms with Crippen LogP contribution in [0.15, 0.2) is 0 Å². The average molecular weight is 232 g/mol. The number of aliphatic hydroxyl groups excluding tert-OH is 1. The molecule has 0 radical (unpaired) electrons. The first-order chi connectivity index (χ1) is 7.43. The standard InChI is InChI=1S/C11H28N4O/c1-10(16)11(12-6-8-14(2)3)13-7-9-15(4)5/h10-13,16H,6-9H2,1-5H3. The molecule has 0 saturated heterocycles. The van der Waals surface area contributed by atoms with E-state index in [-0.39, 0.29) is 12.3 Å². The second kappa shape index (κ2) is 8.90. The van der Waals surface area contributed by atoms with Crippen molar-refractivity contribution >= 4 is 0 Å². The molecule has 0 bridgehead atoms. The molecule has 0 aliphatic rings. The second-order valence-electron chi connectivity index (χ2n) is 4.73. The van der Waals surface area contributed by atoms with Gasteiger partial charge in [0.2, 0.25) is 0 Å². The lowest BCUT2D eigenvalue weighted by molar-refractivity contribution is 0.124. The summed E-state index contributed by atoms with van der Waals surface area (Å²) in [6.45, 7) is 5.49. The zero-order chi connectivity index (χ0) is 12.6. The molecule has 0 aromatic heterocycles. The maximum atomic E-state index is 9.59. The van der Waals surface area contributed by atoms with Crippen molar-refractivity contribution in [1.29, 1.82) is 0 Å². The van der Waals surface area contributed by atoms with E-state index >= 15 is 0 Å². The van der Waals surface area contributed by atoms with Crippen LogP contribution in [0.4, 0.5) is 0 Å². The molecule has 98 valence electrons. The topological polar surface area (TPSA) is 50.8 Å². The fraction of sp³-hybridized carbons (Fsp3) is 1.00. The number of hydrogen-bond donors (Lipinski definition) is 3. The molecule has 0 aliphatic carbocycles. The molecule has 16 heavy (non-hydrogen) atoms. The third-order valence-electron chi connectivity index (χ3n) is 2.33. The quantitative estimate of drug-likeness (QED) is 0.445. The van der Waals surface area contributed by atoms with Crippen LogP contribution in [0.25, 0.3) is 0 Å². The van der Waals surface area contributed by atoms with E-state index in [0.29, 0.717) is 0 Å². The van der Waals surface area contributed by atoms with E-state index in [4.69, 9.17) is 0 Å². The SMILES string of the molecule is CC(O)C(NCCN(C)C)NCCN(C)C. The summed E-state index contributed by atoms with van der Waals surface area (Å²) in [6, 6.07) is 0. The highest BCUT2D eigenvalue weighted by Gasteiger charge is 2.12. The summed E-state index contributed by atoms with van der Waals surface area (Å²) in [7, 11) is 8.16. The van der Waals surface area contributed by atoms with Crippen molar-refractivity contribution in [1.82, 2.24) is 20.4 Å². The number of nitrogens with zero attached hydrogens (tertiary/aromatic N) is 2. The smallest absolute Gasteiger partial charge is 0.0837 e. The van der Waals surface area contributed by atoms with Gasteiger partial charge in [-0.05, 0) is 35.1 Å². The summed E-state index contributed by atoms with van der Waals surface area (Å²) in [5.41, 5.74) is 0. The van der Waals surface area contributed by atoms with Crippen molar-refractivity contribution in [3.8, 4) is 0 Å². The van der Waals surface area contributed by atoms with Gasteiger partial charge in [-0.1, -0.05) is 0 Å². The Hall–Kier alpha value is -0.200. The molecule has 5 heteroatoms. The van der Waals surface area contributed by atoms with E-state index in [1.54, 1.807) is 6.92 Å². The third-order valence-corrected chi connectivity index (χ3v) is 2.33. The Labute approximate surface area is 99.8 Å². The fourth-order valence-electron chi connectivity index (χ4n) is 1.30. The molecule has 0 spiro atoms. The summed E-state index contributed by atoms with van der Waals surface area (Å²) < 4.78 is 0. The van der Waals surface area contributed by atoms with E-state index < -0.39 is 0 Å². The number of nitrogens with one attached hydrogen (secondary N) is 2. The average Bonchev–Trinajstić information content (AvgIpc) is 2.14. The first kappa shape index (κ1) is 15.8. The predicted octanol–water partition coefficient (Wildman–Crippen LogP) is -1.00. The van der Waals surface area contributed by atoms with Gasteiger partial charge in [-0.25, -0.2) is 0 Å². The van der Waals surface area contributed by atoms with Gasteiger partial charge < -0.3 is 14.9 Å². The third kappa shape index (κ3) is 9.06. The van der Waals surface area contributed by atoms with E-state index in [2.05, 4.69) is 20.4 Å². The van der Waals surface area contributed by atoms with Crippen molar-refractivity contribution in [2.24, 2.45) is 0 Å². The Morgan fingerprint density at radius 2 is 1.31 bits per heavy atom. The highest BCUT2D eigenvalue weighted by molar-refractivity contribution is 4.71. The molecule has 0 saturated carbocycles. The predicted molar refractivity (Wildman–Crippen MR) is 68.6 cm³/mol. The Balaban J connectivity index is 3.71. The summed E-state index contributed by atoms with van der Waals surface area (Å²) in [6.07, 6.45) is -0.413. The maximum Gasteiger partial charge on any atom is 0.0837 e. The lowest BCUT2D eigenvalue weighted by Crippen LogP contribution is -2.52. The lowest BCUT2D eigenvalue weighted by atomic mass is 10.3. The molecule has 3 N–H and O–H groups in total. The Morgan fingerprint density at radius 1 is 0.938 bits per heavy atom. The van der Waals surface area contributed by atoms with Crippen molar-refractivity contribution in [2.75, 3.05) is 54.4 Å². The monoisotopic (exact) mass is 232 g/mol. The molecular weight excluding hydrogens is 204 g/mol. The van der Waals surface area contributed by atoms with Crippen molar-refractivity contribution in [3.63, 3.8) is 0 Å². The van der Waals surface area contributed by atoms with Gasteiger partial charge in [0, 0.05) is 26.2 Å². The van der Waals surface area contributed by atoms with Gasteiger partial charge in [-0.15, -0.1) is 0 Å². The van der Waals surface area contributed by atoms with Crippen LogP contribution in [0.5, 0.6) is 0 Å². The van der Waals surface area contributed by atoms with Crippen LogP contribution in [0.3, 0.4) is 0 Å². The van der Waals surface area contributed by atoms with Crippen molar-refractivity contribution < 1.29 is 5.11 Å². The van der Waals surface area contributed by atoms with Gasteiger partial charge in [-0.3, -0.25) is 10.6 Å². The molecule has 0 aliphatic heterocycles. The van der Waals surface area contributed by atoms with E-state index in [0.717, 1.165) is 26.2 Å². The Morgan fingerprint density at radius 3 is 1.56 bits per heavy atom. The zero-order valence-corrected chi connectivity index (χ0v) is 11.3. The van der Waals surface area contributed by atoms with Crippen LogP contribution in [0.1, 0.15) is 6.92 Å². The molecule has 0 aromatic carbocycles. The van der Waals surface area contributed by atoms with Gasteiger partial charge in [0.05, 0.1) is 12.3 Å². The number of hydrogen-bond acceptors (Lipinski definition) is 5. The summed E-state index contributed by atoms with van der Waals surface area (Å²) in [5, 5.41) is 16.2. The second-order valence-corrected chi connectivity index (χ2v) is 4.73. The first-order valence-electron chi connectivity index (χ1n) is 5.87.